The molecule has 9 fully saturated rings. The number of fused-ring (bicyclic) bond motifs is 9. The normalized spacial score (nSPS) is 27.5. The van der Waals surface area contributed by atoms with Gasteiger partial charge in [-0.3, -0.25) is 4.79 Å². The predicted molar refractivity (Wildman–Crippen MR) is 342 cm³/mol. The minimum absolute atomic E-state index is 0.00854. The Morgan fingerprint density at radius 2 is 0.909 bits per heavy atom. The number of hydrogen-bond acceptors (Lipinski definition) is 15. The van der Waals surface area contributed by atoms with E-state index >= 15 is 0 Å². The molecule has 9 aliphatic rings. The van der Waals surface area contributed by atoms with Gasteiger partial charge in [0.1, 0.15) is 33.8 Å². The van der Waals surface area contributed by atoms with Crippen molar-refractivity contribution in [1.29, 1.82) is 0 Å². The number of carbonyl (C=O) groups excluding carboxylic acids is 8. The van der Waals surface area contributed by atoms with Gasteiger partial charge in [-0.25, -0.2) is 33.6 Å². The van der Waals surface area contributed by atoms with Gasteiger partial charge in [0, 0.05) is 64.0 Å². The molecule has 0 N–H and O–H groups in total. The maximum Gasteiger partial charge on any atom is 0.347 e. The first-order chi connectivity index (χ1) is 41.0. The van der Waals surface area contributed by atoms with Gasteiger partial charge < -0.3 is 33.2 Å². The predicted octanol–water partition coefficient (Wildman–Crippen LogP) is 15.9. The molecule has 15 nitrogen and oxygen atoms in total. The number of rotatable bonds is 14. The minimum atomic E-state index is -0.728. The van der Waals surface area contributed by atoms with E-state index in [0.29, 0.717) is 72.5 Å². The van der Waals surface area contributed by atoms with E-state index in [2.05, 4.69) is 78.8 Å². The quantitative estimate of drug-likeness (QED) is 0.0687. The van der Waals surface area contributed by atoms with E-state index in [-0.39, 0.29) is 69.0 Å². The van der Waals surface area contributed by atoms with E-state index in [1.54, 1.807) is 34.6 Å². The average molecular weight is 1230 g/mol. The first kappa shape index (κ1) is 74.9. The van der Waals surface area contributed by atoms with Crippen molar-refractivity contribution in [1.82, 2.24) is 0 Å². The Kier molecular flexibility index (Phi) is 27.6. The van der Waals surface area contributed by atoms with E-state index in [0.717, 1.165) is 100 Å². The highest BCUT2D eigenvalue weighted by molar-refractivity contribution is 5.90. The SMILES string of the molecule is C=C(C)C(=O)OC1(C(C)(C)C)CCCC1.C=C(C)C(=O)OC1(C)CCC(=O)CC1.C=C(C)C(=O)OC1(C)CCCCC1.C=C(C)C(=O)OC1(CC)CC2CC1C1C3CCC(C3)C21.C=C(C)C(=O)OC1(CC)CCCCC1.C=C(C)C(=O)OC1CCOC1=O. The summed E-state index contributed by atoms with van der Waals surface area (Å²) in [5.74, 6) is 3.26. The molecule has 8 aliphatic carbocycles. The Balaban J connectivity index is 0.000000228. The Labute approximate surface area is 528 Å². The number of Topliss-reactive ketones (excluding diaryl/α,β-unsaturated/α-hetero) is 1. The van der Waals surface area contributed by atoms with Crippen molar-refractivity contribution in [3.63, 3.8) is 0 Å². The Morgan fingerprint density at radius 1 is 0.489 bits per heavy atom. The number of ether oxygens (including phenoxy) is 7. The summed E-state index contributed by atoms with van der Waals surface area (Å²) < 4.78 is 37.3. The molecule has 8 atom stereocenters. The zero-order valence-corrected chi connectivity index (χ0v) is 56.5. The summed E-state index contributed by atoms with van der Waals surface area (Å²) >= 11 is 0. The topological polar surface area (TPSA) is 201 Å². The van der Waals surface area contributed by atoms with Gasteiger partial charge in [-0.1, -0.05) is 86.9 Å². The molecule has 4 bridgehead atoms. The molecule has 9 rings (SSSR count). The van der Waals surface area contributed by atoms with E-state index in [1.807, 2.05) is 13.8 Å². The standard InChI is InChI=1S/C18H26O2.C13H22O2.C12H20O2.C11H16O3.C11H18O2.C8H10O4/c1-4-18(20-17(19)10(2)3)9-13-8-14(18)16-12-6-5-11(7-12)15(13)16;1-10(2)11(14)15-13(12(3,4)5)8-6-7-9-13;1-4-12(8-6-5-7-9-12)14-11(13)10(2)3;1-8(2)10(13)14-11(3)6-4-9(12)5-7-11;1-9(2)10(12)13-11(3)7-5-4-6-8-11;1-5(2)7(9)12-6-3-4-11-8(6)10/h11-16H,2,4-9H2,1,3H3;1,6-9H2,2-5H3;2,4-9H2,1,3H3;1,4-7H2,2-3H3;1,4-8H2,2-3H3;6H,1,3-4H2,2H3. The smallest absolute Gasteiger partial charge is 0.347 e. The lowest BCUT2D eigenvalue weighted by molar-refractivity contribution is -0.168. The van der Waals surface area contributed by atoms with E-state index < -0.39 is 23.6 Å². The first-order valence-corrected chi connectivity index (χ1v) is 33.0. The van der Waals surface area contributed by atoms with Crippen LogP contribution in [0.4, 0.5) is 0 Å². The monoisotopic (exact) mass is 1230 g/mol. The summed E-state index contributed by atoms with van der Waals surface area (Å²) in [6, 6.07) is 0. The molecular weight excluding hydrogens is 1120 g/mol. The average Bonchev–Trinajstić information content (AvgIpc) is 1.55. The minimum Gasteiger partial charge on any atom is -0.463 e. The lowest BCUT2D eigenvalue weighted by atomic mass is 9.65. The van der Waals surface area contributed by atoms with Crippen molar-refractivity contribution < 1.29 is 71.5 Å². The number of carbonyl (C=O) groups is 8. The zero-order valence-electron chi connectivity index (χ0n) is 56.5. The Bertz CT molecular complexity index is 2560. The summed E-state index contributed by atoms with van der Waals surface area (Å²) in [4.78, 5) is 90.5. The number of ketones is 1. The van der Waals surface area contributed by atoms with Crippen molar-refractivity contribution in [2.45, 2.75) is 291 Å². The molecule has 1 saturated heterocycles. The molecule has 494 valence electrons. The van der Waals surface area contributed by atoms with Crippen LogP contribution in [0, 0.1) is 40.9 Å². The molecule has 0 amide bonds. The van der Waals surface area contributed by atoms with Crippen molar-refractivity contribution in [3.05, 3.63) is 72.9 Å². The number of hydrogen-bond donors (Lipinski definition) is 0. The fourth-order valence-corrected chi connectivity index (χ4v) is 14.8. The van der Waals surface area contributed by atoms with Crippen molar-refractivity contribution in [2.75, 3.05) is 6.61 Å². The van der Waals surface area contributed by atoms with Gasteiger partial charge >= 0.3 is 41.8 Å². The molecule has 15 heteroatoms. The summed E-state index contributed by atoms with van der Waals surface area (Å²) in [6.07, 6.45) is 26.2. The molecule has 0 aromatic heterocycles. The third-order valence-electron chi connectivity index (χ3n) is 20.3. The van der Waals surface area contributed by atoms with E-state index in [9.17, 15) is 38.4 Å². The molecule has 8 saturated carbocycles. The third-order valence-corrected chi connectivity index (χ3v) is 20.3. The zero-order chi connectivity index (χ0) is 66.2. The summed E-state index contributed by atoms with van der Waals surface area (Å²) in [5, 5.41) is 0. The van der Waals surface area contributed by atoms with Crippen LogP contribution in [0.2, 0.25) is 0 Å². The second-order valence-corrected chi connectivity index (χ2v) is 28.7. The lowest BCUT2D eigenvalue weighted by Crippen LogP contribution is -2.47. The fourth-order valence-electron chi connectivity index (χ4n) is 14.8. The van der Waals surface area contributed by atoms with Gasteiger partial charge in [0.2, 0.25) is 6.10 Å². The van der Waals surface area contributed by atoms with Crippen LogP contribution in [-0.4, -0.2) is 88.3 Å². The summed E-state index contributed by atoms with van der Waals surface area (Å²) in [5.41, 5.74) is 1.42. The molecule has 0 aromatic carbocycles. The second-order valence-electron chi connectivity index (χ2n) is 28.7. The molecule has 0 radical (unpaired) electrons. The van der Waals surface area contributed by atoms with Crippen LogP contribution in [0.1, 0.15) is 257 Å². The highest BCUT2D eigenvalue weighted by atomic mass is 16.6. The summed E-state index contributed by atoms with van der Waals surface area (Å²) in [7, 11) is 0. The third kappa shape index (κ3) is 20.5. The van der Waals surface area contributed by atoms with Crippen molar-refractivity contribution >= 4 is 47.6 Å². The maximum atomic E-state index is 12.1. The summed E-state index contributed by atoms with van der Waals surface area (Å²) in [6.45, 7) is 46.5. The van der Waals surface area contributed by atoms with Crippen LogP contribution in [0.3, 0.4) is 0 Å². The highest BCUT2D eigenvalue weighted by Gasteiger charge is 2.68. The Hall–Kier alpha value is -5.60. The van der Waals surface area contributed by atoms with Gasteiger partial charge in [0.05, 0.1) is 6.61 Å². The number of esters is 7. The van der Waals surface area contributed by atoms with Gasteiger partial charge in [0.25, 0.3) is 0 Å². The maximum absolute atomic E-state index is 12.1. The van der Waals surface area contributed by atoms with Crippen LogP contribution in [0.5, 0.6) is 0 Å². The van der Waals surface area contributed by atoms with Crippen molar-refractivity contribution in [3.8, 4) is 0 Å². The van der Waals surface area contributed by atoms with Crippen LogP contribution in [0.25, 0.3) is 0 Å². The van der Waals surface area contributed by atoms with Crippen LogP contribution in [-0.2, 0) is 71.5 Å². The largest absolute Gasteiger partial charge is 0.463 e. The van der Waals surface area contributed by atoms with Gasteiger partial charge in [-0.2, -0.15) is 0 Å². The lowest BCUT2D eigenvalue weighted by Gasteiger charge is -2.45. The molecule has 1 heterocycles. The van der Waals surface area contributed by atoms with E-state index in [1.165, 1.54) is 71.1 Å². The molecule has 0 aromatic rings. The molecule has 88 heavy (non-hydrogen) atoms. The van der Waals surface area contributed by atoms with Crippen molar-refractivity contribution in [2.24, 2.45) is 40.9 Å². The Morgan fingerprint density at radius 3 is 1.34 bits per heavy atom. The van der Waals surface area contributed by atoms with Gasteiger partial charge in [-0.15, -0.1) is 0 Å². The first-order valence-electron chi connectivity index (χ1n) is 33.0. The van der Waals surface area contributed by atoms with Gasteiger partial charge in [0.15, 0.2) is 0 Å². The molecular formula is C73H112O15. The van der Waals surface area contributed by atoms with E-state index in [4.69, 9.17) is 28.4 Å². The van der Waals surface area contributed by atoms with Crippen LogP contribution >= 0.6 is 0 Å². The molecule has 1 aliphatic heterocycles. The molecule has 0 spiro atoms. The second kappa shape index (κ2) is 32.4. The molecule has 8 unspecified atom stereocenters. The number of cyclic esters (lactones) is 1. The van der Waals surface area contributed by atoms with Crippen LogP contribution < -0.4 is 0 Å². The van der Waals surface area contributed by atoms with Crippen LogP contribution in [0.15, 0.2) is 72.9 Å². The highest BCUT2D eigenvalue weighted by Crippen LogP contribution is 2.71. The van der Waals surface area contributed by atoms with Gasteiger partial charge in [-0.05, 0) is 220 Å². The fraction of sp³-hybridized carbons (Fsp3) is 0.726.